The van der Waals surface area contributed by atoms with Crippen molar-refractivity contribution >= 4 is 17.5 Å². The van der Waals surface area contributed by atoms with E-state index in [9.17, 15) is 14.0 Å². The summed E-state index contributed by atoms with van der Waals surface area (Å²) >= 11 is 0. The number of hydrogen-bond donors (Lipinski definition) is 1. The molecule has 1 atom stereocenters. The van der Waals surface area contributed by atoms with E-state index >= 15 is 0 Å². The molecule has 5 nitrogen and oxygen atoms in total. The molecule has 0 aromatic heterocycles. The highest BCUT2D eigenvalue weighted by Crippen LogP contribution is 2.18. The molecule has 0 saturated carbocycles. The second kappa shape index (κ2) is 8.52. The summed E-state index contributed by atoms with van der Waals surface area (Å²) in [6.45, 7) is 8.20. The number of carbonyl (C=O) groups excluding carboxylic acids is 2. The molecule has 0 aliphatic carbocycles. The number of rotatable bonds is 4. The van der Waals surface area contributed by atoms with Crippen LogP contribution in [0.5, 0.6) is 0 Å². The third-order valence-corrected chi connectivity index (χ3v) is 5.26. The molecule has 0 radical (unpaired) electrons. The van der Waals surface area contributed by atoms with E-state index in [1.165, 1.54) is 24.3 Å². The molecule has 3 rings (SSSR count). The van der Waals surface area contributed by atoms with Crippen LogP contribution in [0, 0.1) is 19.7 Å². The van der Waals surface area contributed by atoms with E-state index in [2.05, 4.69) is 10.2 Å². The number of benzene rings is 2. The molecular weight excluding hydrogens is 357 g/mol. The van der Waals surface area contributed by atoms with Gasteiger partial charge in [-0.3, -0.25) is 14.5 Å². The van der Waals surface area contributed by atoms with Gasteiger partial charge in [-0.05, 0) is 56.7 Å². The van der Waals surface area contributed by atoms with Gasteiger partial charge in [-0.15, -0.1) is 0 Å². The van der Waals surface area contributed by atoms with Crippen LogP contribution in [0.2, 0.25) is 0 Å². The Morgan fingerprint density at radius 3 is 2.25 bits per heavy atom. The normalized spacial score (nSPS) is 15.9. The summed E-state index contributed by atoms with van der Waals surface area (Å²) in [6, 6.07) is 11.3. The molecule has 28 heavy (non-hydrogen) atoms. The quantitative estimate of drug-likeness (QED) is 0.882. The molecule has 6 heteroatoms. The first-order valence-corrected chi connectivity index (χ1v) is 9.52. The van der Waals surface area contributed by atoms with E-state index < -0.39 is 0 Å². The highest BCUT2D eigenvalue weighted by molar-refractivity contribution is 5.95. The van der Waals surface area contributed by atoms with E-state index in [0.29, 0.717) is 31.7 Å². The summed E-state index contributed by atoms with van der Waals surface area (Å²) in [7, 11) is 0. The second-order valence-corrected chi connectivity index (χ2v) is 7.32. The lowest BCUT2D eigenvalue weighted by molar-refractivity contribution is -0.121. The van der Waals surface area contributed by atoms with Gasteiger partial charge in [0.2, 0.25) is 5.91 Å². The Morgan fingerprint density at radius 1 is 1.00 bits per heavy atom. The molecule has 0 bridgehead atoms. The molecule has 1 heterocycles. The van der Waals surface area contributed by atoms with E-state index in [1.807, 2.05) is 39.0 Å². The van der Waals surface area contributed by atoms with Gasteiger partial charge in [0.1, 0.15) is 5.82 Å². The van der Waals surface area contributed by atoms with Gasteiger partial charge in [0.25, 0.3) is 5.91 Å². The average Bonchev–Trinajstić information content (AvgIpc) is 2.69. The molecule has 148 valence electrons. The number of nitrogens with zero attached hydrogens (tertiary/aromatic N) is 2. The predicted molar refractivity (Wildman–Crippen MR) is 108 cm³/mol. The Bertz CT molecular complexity index is 859. The van der Waals surface area contributed by atoms with Gasteiger partial charge in [-0.25, -0.2) is 4.39 Å². The summed E-state index contributed by atoms with van der Waals surface area (Å²) in [4.78, 5) is 29.0. The molecule has 1 unspecified atom stereocenters. The molecule has 2 aromatic carbocycles. The van der Waals surface area contributed by atoms with Crippen LogP contribution in [0.25, 0.3) is 0 Å². The summed E-state index contributed by atoms with van der Waals surface area (Å²) in [5, 5.41) is 3.00. The summed E-state index contributed by atoms with van der Waals surface area (Å²) < 4.78 is 13.0. The number of nitrogens with one attached hydrogen (secondary N) is 1. The molecule has 1 N–H and O–H groups in total. The minimum absolute atomic E-state index is 0.0507. The fourth-order valence-electron chi connectivity index (χ4n) is 3.44. The van der Waals surface area contributed by atoms with Crippen LogP contribution >= 0.6 is 0 Å². The van der Waals surface area contributed by atoms with Crippen LogP contribution in [-0.4, -0.2) is 53.8 Å². The first kappa shape index (κ1) is 20.0. The lowest BCUT2D eigenvalue weighted by atomic mass is 10.1. The first-order valence-electron chi connectivity index (χ1n) is 9.52. The zero-order valence-corrected chi connectivity index (χ0v) is 16.5. The maximum atomic E-state index is 13.0. The lowest BCUT2D eigenvalue weighted by Crippen LogP contribution is -2.54. The number of amides is 2. The smallest absolute Gasteiger partial charge is 0.253 e. The van der Waals surface area contributed by atoms with E-state index in [-0.39, 0.29) is 23.7 Å². The summed E-state index contributed by atoms with van der Waals surface area (Å²) in [5.41, 5.74) is 3.50. The monoisotopic (exact) mass is 383 g/mol. The minimum atomic E-state index is -0.356. The summed E-state index contributed by atoms with van der Waals surface area (Å²) in [6.07, 6.45) is 0. The standard InChI is InChI=1S/C22H26FN3O2/c1-15-4-9-20(16(2)14-15)24-21(27)17(3)25-10-12-26(13-11-25)22(28)18-5-7-19(23)8-6-18/h4-9,14,17H,10-13H2,1-3H3,(H,24,27). The van der Waals surface area contributed by atoms with Gasteiger partial charge in [0.15, 0.2) is 0 Å². The lowest BCUT2D eigenvalue weighted by Gasteiger charge is -2.37. The van der Waals surface area contributed by atoms with Crippen molar-refractivity contribution in [3.05, 3.63) is 65.0 Å². The number of halogens is 1. The zero-order valence-electron chi connectivity index (χ0n) is 16.5. The van der Waals surface area contributed by atoms with E-state index in [4.69, 9.17) is 0 Å². The SMILES string of the molecule is Cc1ccc(NC(=O)C(C)N2CCN(C(=O)c3ccc(F)cc3)CC2)c(C)c1. The highest BCUT2D eigenvalue weighted by Gasteiger charge is 2.28. The molecule has 2 aromatic rings. The van der Waals surface area contributed by atoms with Crippen LogP contribution in [0.15, 0.2) is 42.5 Å². The van der Waals surface area contributed by atoms with Crippen LogP contribution < -0.4 is 5.32 Å². The van der Waals surface area contributed by atoms with Crippen LogP contribution in [-0.2, 0) is 4.79 Å². The number of hydrogen-bond acceptors (Lipinski definition) is 3. The fraction of sp³-hybridized carbons (Fsp3) is 0.364. The minimum Gasteiger partial charge on any atom is -0.336 e. The maximum absolute atomic E-state index is 13.0. The molecule has 1 saturated heterocycles. The number of carbonyl (C=O) groups is 2. The van der Waals surface area contributed by atoms with Crippen molar-refractivity contribution in [3.8, 4) is 0 Å². The Labute approximate surface area is 165 Å². The number of anilines is 1. The van der Waals surface area contributed by atoms with Gasteiger partial charge < -0.3 is 10.2 Å². The molecular formula is C22H26FN3O2. The fourth-order valence-corrected chi connectivity index (χ4v) is 3.44. The van der Waals surface area contributed by atoms with Gasteiger partial charge in [0, 0.05) is 37.4 Å². The Morgan fingerprint density at radius 2 is 1.64 bits per heavy atom. The highest BCUT2D eigenvalue weighted by atomic mass is 19.1. The Kier molecular flexibility index (Phi) is 6.09. The predicted octanol–water partition coefficient (Wildman–Crippen LogP) is 3.23. The zero-order chi connectivity index (χ0) is 20.3. The molecule has 1 fully saturated rings. The van der Waals surface area contributed by atoms with Crippen molar-refractivity contribution in [3.63, 3.8) is 0 Å². The van der Waals surface area contributed by atoms with Gasteiger partial charge >= 0.3 is 0 Å². The van der Waals surface area contributed by atoms with Gasteiger partial charge in [-0.2, -0.15) is 0 Å². The van der Waals surface area contributed by atoms with Gasteiger partial charge in [0.05, 0.1) is 6.04 Å². The van der Waals surface area contributed by atoms with Crippen molar-refractivity contribution in [1.29, 1.82) is 0 Å². The largest absolute Gasteiger partial charge is 0.336 e. The van der Waals surface area contributed by atoms with Crippen molar-refractivity contribution in [2.45, 2.75) is 26.8 Å². The maximum Gasteiger partial charge on any atom is 0.253 e. The second-order valence-electron chi connectivity index (χ2n) is 7.32. The van der Waals surface area contributed by atoms with Crippen molar-refractivity contribution in [2.24, 2.45) is 0 Å². The van der Waals surface area contributed by atoms with Gasteiger partial charge in [-0.1, -0.05) is 17.7 Å². The first-order chi connectivity index (χ1) is 13.3. The number of piperazine rings is 1. The third kappa shape index (κ3) is 4.57. The van der Waals surface area contributed by atoms with Crippen LogP contribution in [0.3, 0.4) is 0 Å². The topological polar surface area (TPSA) is 52.7 Å². The van der Waals surface area contributed by atoms with E-state index in [0.717, 1.165) is 16.8 Å². The van der Waals surface area contributed by atoms with Crippen molar-refractivity contribution in [2.75, 3.05) is 31.5 Å². The molecule has 0 spiro atoms. The van der Waals surface area contributed by atoms with Crippen LogP contribution in [0.1, 0.15) is 28.4 Å². The Balaban J connectivity index is 1.55. The van der Waals surface area contributed by atoms with Crippen molar-refractivity contribution in [1.82, 2.24) is 9.80 Å². The van der Waals surface area contributed by atoms with Crippen molar-refractivity contribution < 1.29 is 14.0 Å². The molecule has 2 amide bonds. The number of aryl methyl sites for hydroxylation is 2. The summed E-state index contributed by atoms with van der Waals surface area (Å²) in [5.74, 6) is -0.512. The van der Waals surface area contributed by atoms with Crippen LogP contribution in [0.4, 0.5) is 10.1 Å². The average molecular weight is 383 g/mol. The Hall–Kier alpha value is -2.73. The third-order valence-electron chi connectivity index (χ3n) is 5.26. The molecule has 1 aliphatic heterocycles. The molecule has 1 aliphatic rings. The van der Waals surface area contributed by atoms with E-state index in [1.54, 1.807) is 4.90 Å².